The van der Waals surface area contributed by atoms with Crippen LogP contribution in [0, 0.1) is 0 Å². The van der Waals surface area contributed by atoms with Gasteiger partial charge in [-0.25, -0.2) is 8.42 Å². The maximum absolute atomic E-state index is 12.9. The van der Waals surface area contributed by atoms with Crippen LogP contribution in [0.4, 0.5) is 24.5 Å². The van der Waals surface area contributed by atoms with Crippen LogP contribution in [-0.2, 0) is 32.0 Å². The zero-order valence-corrected chi connectivity index (χ0v) is 22.6. The molecule has 3 aromatic rings. The molecule has 10 heteroatoms. The predicted molar refractivity (Wildman–Crippen MR) is 145 cm³/mol. The molecule has 1 aliphatic rings. The number of halogens is 3. The van der Waals surface area contributed by atoms with E-state index in [2.05, 4.69) is 17.1 Å². The summed E-state index contributed by atoms with van der Waals surface area (Å²) in [5, 5.41) is 2.86. The Morgan fingerprint density at radius 1 is 0.974 bits per heavy atom. The zero-order valence-electron chi connectivity index (χ0n) is 21.7. The normalized spacial score (nSPS) is 18.1. The maximum Gasteiger partial charge on any atom is 0.416 e. The van der Waals surface area contributed by atoms with E-state index in [1.165, 1.54) is 24.3 Å². The average molecular weight is 561 g/mol. The Morgan fingerprint density at radius 2 is 1.62 bits per heavy atom. The fraction of sp³-hybridized carbons (Fsp3) is 0.345. The number of hydrogen-bond acceptors (Lipinski definition) is 5. The lowest BCUT2D eigenvalue weighted by Crippen LogP contribution is -2.46. The van der Waals surface area contributed by atoms with E-state index in [0.717, 1.165) is 24.2 Å². The highest BCUT2D eigenvalue weighted by atomic mass is 32.2. The van der Waals surface area contributed by atoms with E-state index < -0.39 is 21.6 Å². The van der Waals surface area contributed by atoms with Gasteiger partial charge in [-0.15, -0.1) is 0 Å². The van der Waals surface area contributed by atoms with Gasteiger partial charge in [0.15, 0.2) is 9.84 Å². The van der Waals surface area contributed by atoms with Crippen LogP contribution in [0.2, 0.25) is 0 Å². The molecule has 3 aromatic carbocycles. The van der Waals surface area contributed by atoms with Crippen LogP contribution >= 0.6 is 0 Å². The van der Waals surface area contributed by atoms with Gasteiger partial charge in [0.05, 0.1) is 35.3 Å². The van der Waals surface area contributed by atoms with Crippen molar-refractivity contribution in [3.8, 4) is 0 Å². The van der Waals surface area contributed by atoms with Gasteiger partial charge in [0.25, 0.3) is 0 Å². The third-order valence-electron chi connectivity index (χ3n) is 6.88. The highest BCUT2D eigenvalue weighted by molar-refractivity contribution is 7.91. The fourth-order valence-electron chi connectivity index (χ4n) is 4.55. The van der Waals surface area contributed by atoms with E-state index in [9.17, 15) is 26.4 Å². The number of hydrogen-bond donors (Lipinski definition) is 1. The molecule has 1 aliphatic heterocycles. The second-order valence-corrected chi connectivity index (χ2v) is 11.8. The third-order valence-corrected chi connectivity index (χ3v) is 8.63. The summed E-state index contributed by atoms with van der Waals surface area (Å²) in [7, 11) is -3.29. The van der Waals surface area contributed by atoms with Crippen LogP contribution in [0.25, 0.3) is 0 Å². The number of sulfone groups is 1. The molecule has 0 aliphatic carbocycles. The Hall–Kier alpha value is -3.37. The van der Waals surface area contributed by atoms with Crippen molar-refractivity contribution in [2.24, 2.45) is 0 Å². The molecule has 6 nitrogen and oxygen atoms in total. The van der Waals surface area contributed by atoms with E-state index in [0.29, 0.717) is 30.0 Å². The van der Waals surface area contributed by atoms with Crippen LogP contribution in [0.5, 0.6) is 0 Å². The molecule has 0 saturated carbocycles. The summed E-state index contributed by atoms with van der Waals surface area (Å²) in [6.07, 6.45) is -3.82. The van der Waals surface area contributed by atoms with Crippen molar-refractivity contribution in [2.75, 3.05) is 29.1 Å². The monoisotopic (exact) mass is 560 g/mol. The summed E-state index contributed by atoms with van der Waals surface area (Å²) in [5.74, 6) is -0.212. The van der Waals surface area contributed by atoms with Crippen molar-refractivity contribution >= 4 is 27.1 Å². The predicted octanol–water partition coefficient (Wildman–Crippen LogP) is 6.04. The highest BCUT2D eigenvalue weighted by Gasteiger charge is 2.32. The Kier molecular flexibility index (Phi) is 8.66. The Morgan fingerprint density at radius 3 is 2.18 bits per heavy atom. The van der Waals surface area contributed by atoms with Gasteiger partial charge in [-0.05, 0) is 66.1 Å². The number of morpholine rings is 1. The van der Waals surface area contributed by atoms with Crippen LogP contribution in [0.15, 0.2) is 77.7 Å². The summed E-state index contributed by atoms with van der Waals surface area (Å²) < 4.78 is 68.8. The number of alkyl halides is 3. The molecule has 1 saturated heterocycles. The lowest BCUT2D eigenvalue weighted by atomic mass is 10.0. The van der Waals surface area contributed by atoms with Gasteiger partial charge >= 0.3 is 6.18 Å². The number of ether oxygens (including phenoxy) is 1. The molecule has 1 heterocycles. The molecule has 0 radical (unpaired) electrons. The van der Waals surface area contributed by atoms with Gasteiger partial charge in [0.2, 0.25) is 5.91 Å². The second kappa shape index (κ2) is 11.8. The van der Waals surface area contributed by atoms with Crippen molar-refractivity contribution in [1.29, 1.82) is 0 Å². The zero-order chi connectivity index (χ0) is 28.2. The van der Waals surface area contributed by atoms with Gasteiger partial charge in [0.1, 0.15) is 6.10 Å². The number of rotatable bonds is 8. The fourth-order valence-corrected chi connectivity index (χ4v) is 5.43. The molecule has 2 unspecified atom stereocenters. The van der Waals surface area contributed by atoms with E-state index >= 15 is 0 Å². The molecule has 1 fully saturated rings. The average Bonchev–Trinajstić information content (AvgIpc) is 2.93. The van der Waals surface area contributed by atoms with Gasteiger partial charge in [-0.1, -0.05) is 38.1 Å². The Bertz CT molecular complexity index is 1370. The maximum atomic E-state index is 12.9. The number of nitrogens with zero attached hydrogens (tertiary/aromatic N) is 1. The molecule has 0 bridgehead atoms. The van der Waals surface area contributed by atoms with E-state index in [4.69, 9.17) is 4.74 Å². The van der Waals surface area contributed by atoms with Crippen molar-refractivity contribution < 1.29 is 31.1 Å². The first kappa shape index (κ1) is 28.6. The van der Waals surface area contributed by atoms with Crippen molar-refractivity contribution in [2.45, 2.75) is 49.9 Å². The number of anilines is 2. The quantitative estimate of drug-likeness (QED) is 0.364. The van der Waals surface area contributed by atoms with Crippen molar-refractivity contribution in [3.05, 3.63) is 89.5 Å². The minimum atomic E-state index is -4.38. The van der Waals surface area contributed by atoms with E-state index in [-0.39, 0.29) is 35.1 Å². The van der Waals surface area contributed by atoms with Crippen LogP contribution in [0.3, 0.4) is 0 Å². The molecule has 4 rings (SSSR count). The van der Waals surface area contributed by atoms with Gasteiger partial charge in [-0.2, -0.15) is 13.2 Å². The number of nitrogens with one attached hydrogen (secondary N) is 1. The first-order valence-electron chi connectivity index (χ1n) is 12.8. The van der Waals surface area contributed by atoms with Crippen molar-refractivity contribution in [1.82, 2.24) is 0 Å². The lowest BCUT2D eigenvalue weighted by molar-refractivity contribution is -0.137. The number of amides is 1. The molecule has 39 heavy (non-hydrogen) atoms. The molecule has 1 amide bonds. The first-order valence-corrected chi connectivity index (χ1v) is 14.4. The smallest absolute Gasteiger partial charge is 0.370 e. The summed E-state index contributed by atoms with van der Waals surface area (Å²) in [6, 6.07) is 18.9. The van der Waals surface area contributed by atoms with Gasteiger partial charge < -0.3 is 15.0 Å². The molecule has 0 aromatic heterocycles. The van der Waals surface area contributed by atoms with Gasteiger partial charge in [0, 0.05) is 17.9 Å². The number of carbonyl (C=O) groups excluding carboxylic acids is 1. The molecular weight excluding hydrogens is 529 g/mol. The topological polar surface area (TPSA) is 75.7 Å². The SMILES string of the molecule is CCC1COC(c2ccc(C(F)(F)F)cc2)CN1c1ccc(NC(=O)Cc2ccc(S(=O)(=O)CC)cc2)cc1. The molecule has 1 N–H and O–H groups in total. The van der Waals surface area contributed by atoms with E-state index in [1.807, 2.05) is 12.1 Å². The Labute approximate surface area is 226 Å². The number of benzene rings is 3. The van der Waals surface area contributed by atoms with Crippen LogP contribution in [-0.4, -0.2) is 39.3 Å². The van der Waals surface area contributed by atoms with Crippen LogP contribution in [0.1, 0.15) is 43.1 Å². The lowest BCUT2D eigenvalue weighted by Gasteiger charge is -2.41. The summed E-state index contributed by atoms with van der Waals surface area (Å²) in [4.78, 5) is 15.0. The minimum absolute atomic E-state index is 0.0159. The minimum Gasteiger partial charge on any atom is -0.370 e. The van der Waals surface area contributed by atoms with Gasteiger partial charge in [-0.3, -0.25) is 4.79 Å². The van der Waals surface area contributed by atoms with E-state index in [1.54, 1.807) is 31.2 Å². The number of carbonyl (C=O) groups is 1. The first-order chi connectivity index (χ1) is 18.5. The third kappa shape index (κ3) is 6.99. The Balaban J connectivity index is 1.40. The van der Waals surface area contributed by atoms with Crippen molar-refractivity contribution in [3.63, 3.8) is 0 Å². The standard InChI is InChI=1S/C29H31F3N2O4S/c1-3-24-19-38-27(21-7-9-22(10-8-21)29(30,31)32)18-34(24)25-13-11-23(12-14-25)33-28(35)17-20-5-15-26(16-6-20)39(36,37)4-2/h5-16,24,27H,3-4,17-19H2,1-2H3,(H,33,35). The molecule has 0 spiro atoms. The largest absolute Gasteiger partial charge is 0.416 e. The highest BCUT2D eigenvalue weighted by Crippen LogP contribution is 2.33. The molecule has 2 atom stereocenters. The summed E-state index contributed by atoms with van der Waals surface area (Å²) >= 11 is 0. The summed E-state index contributed by atoms with van der Waals surface area (Å²) in [6.45, 7) is 4.57. The molecular formula is C29H31F3N2O4S. The molecule has 208 valence electrons. The summed E-state index contributed by atoms with van der Waals surface area (Å²) in [5.41, 5.74) is 2.24. The second-order valence-electron chi connectivity index (χ2n) is 9.48. The van der Waals surface area contributed by atoms with Crippen LogP contribution < -0.4 is 10.2 Å².